The minimum Gasteiger partial charge on any atom is -0.350 e. The number of hydrogen-bond donors (Lipinski definition) is 0. The van der Waals surface area contributed by atoms with Crippen molar-refractivity contribution in [1.82, 2.24) is 4.57 Å². The quantitative estimate of drug-likeness (QED) is 0.589. The number of hydrogen-bond acceptors (Lipinski definition) is 0. The Kier molecular flexibility index (Phi) is 1.62. The summed E-state index contributed by atoms with van der Waals surface area (Å²) in [5.41, 5.74) is 0.666. The summed E-state index contributed by atoms with van der Waals surface area (Å²) in [5.74, 6) is -0.956. The maximum Gasteiger partial charge on any atom is 0.138 e. The molecule has 68 valence electrons. The minimum atomic E-state index is -0.494. The summed E-state index contributed by atoms with van der Waals surface area (Å²) < 4.78 is 28.2. The van der Waals surface area contributed by atoms with Crippen LogP contribution >= 0.6 is 0 Å². The number of halogens is 2. The second-order valence-electron chi connectivity index (χ2n) is 3.16. The lowest BCUT2D eigenvalue weighted by Gasteiger charge is -2.01. The zero-order valence-electron chi connectivity index (χ0n) is 7.44. The van der Waals surface area contributed by atoms with Gasteiger partial charge in [-0.1, -0.05) is 0 Å². The van der Waals surface area contributed by atoms with Crippen molar-refractivity contribution in [3.63, 3.8) is 0 Å². The van der Waals surface area contributed by atoms with Crippen LogP contribution in [0.5, 0.6) is 0 Å². The van der Waals surface area contributed by atoms with Gasteiger partial charge in [0.2, 0.25) is 0 Å². The Bertz CT molecular complexity index is 471. The number of nitrogens with zero attached hydrogens (tertiary/aromatic N) is 1. The van der Waals surface area contributed by atoms with Gasteiger partial charge in [-0.25, -0.2) is 8.78 Å². The van der Waals surface area contributed by atoms with Crippen LogP contribution in [0.4, 0.5) is 8.78 Å². The average molecular weight is 181 g/mol. The molecule has 2 rings (SSSR count). The van der Waals surface area contributed by atoms with Crippen molar-refractivity contribution in [2.75, 3.05) is 0 Å². The lowest BCUT2D eigenvalue weighted by atomic mass is 10.1. The fourth-order valence-electron chi connectivity index (χ4n) is 1.44. The highest BCUT2D eigenvalue weighted by atomic mass is 19.1. The molecule has 3 heteroatoms. The highest BCUT2D eigenvalue weighted by molar-refractivity contribution is 5.81. The first-order valence-electron chi connectivity index (χ1n) is 4.01. The first-order chi connectivity index (χ1) is 6.11. The van der Waals surface area contributed by atoms with Crippen LogP contribution in [0.3, 0.4) is 0 Å². The van der Waals surface area contributed by atoms with Crippen LogP contribution in [0.1, 0.15) is 5.56 Å². The minimum absolute atomic E-state index is 0.0821. The van der Waals surface area contributed by atoms with E-state index in [-0.39, 0.29) is 5.56 Å². The van der Waals surface area contributed by atoms with E-state index in [9.17, 15) is 8.78 Å². The predicted octanol–water partition coefficient (Wildman–Crippen LogP) is 2.76. The molecule has 0 fully saturated rings. The van der Waals surface area contributed by atoms with E-state index in [0.29, 0.717) is 10.9 Å². The molecule has 0 atom stereocenters. The first kappa shape index (κ1) is 8.23. The van der Waals surface area contributed by atoms with Gasteiger partial charge in [-0.05, 0) is 19.1 Å². The van der Waals surface area contributed by atoms with Crippen LogP contribution in [0.2, 0.25) is 0 Å². The summed E-state index contributed by atoms with van der Waals surface area (Å²) in [6.07, 6.45) is 1.71. The topological polar surface area (TPSA) is 4.93 Å². The van der Waals surface area contributed by atoms with Crippen molar-refractivity contribution in [3.05, 3.63) is 35.5 Å². The maximum atomic E-state index is 13.4. The maximum absolute atomic E-state index is 13.4. The second kappa shape index (κ2) is 2.55. The van der Waals surface area contributed by atoms with Crippen molar-refractivity contribution in [3.8, 4) is 0 Å². The molecule has 0 saturated heterocycles. The fourth-order valence-corrected chi connectivity index (χ4v) is 1.44. The Morgan fingerprint density at radius 1 is 1.31 bits per heavy atom. The lowest BCUT2D eigenvalue weighted by molar-refractivity contribution is 0.576. The summed E-state index contributed by atoms with van der Waals surface area (Å²) >= 11 is 0. The van der Waals surface area contributed by atoms with Crippen molar-refractivity contribution >= 4 is 10.9 Å². The third-order valence-corrected chi connectivity index (χ3v) is 2.31. The van der Waals surface area contributed by atoms with Crippen molar-refractivity contribution < 1.29 is 8.78 Å². The Hall–Kier alpha value is -1.38. The van der Waals surface area contributed by atoms with Crippen LogP contribution in [-0.2, 0) is 7.05 Å². The second-order valence-corrected chi connectivity index (χ2v) is 3.16. The summed E-state index contributed by atoms with van der Waals surface area (Å²) in [6, 6.07) is 3.00. The molecule has 1 aromatic carbocycles. The molecule has 0 N–H and O–H groups in total. The van der Waals surface area contributed by atoms with Gasteiger partial charge in [0.25, 0.3) is 0 Å². The van der Waals surface area contributed by atoms with E-state index in [4.69, 9.17) is 0 Å². The third-order valence-electron chi connectivity index (χ3n) is 2.31. The smallest absolute Gasteiger partial charge is 0.138 e. The Morgan fingerprint density at radius 2 is 2.00 bits per heavy atom. The molecule has 1 heterocycles. The average Bonchev–Trinajstić information content (AvgIpc) is 2.45. The molecule has 0 saturated carbocycles. The van der Waals surface area contributed by atoms with Crippen molar-refractivity contribution in [2.45, 2.75) is 6.92 Å². The number of aryl methyl sites for hydroxylation is 1. The van der Waals surface area contributed by atoms with Crippen molar-refractivity contribution in [2.24, 2.45) is 7.05 Å². The van der Waals surface area contributed by atoms with Gasteiger partial charge in [-0.3, -0.25) is 0 Å². The number of aromatic nitrogens is 1. The van der Waals surface area contributed by atoms with E-state index in [1.54, 1.807) is 23.9 Å². The molecule has 1 nitrogen and oxygen atoms in total. The standard InChI is InChI=1S/C10H9F2N/c1-6-8(11)5-9-7(10(6)12)3-4-13(9)2/h3-5H,1-2H3. The molecule has 13 heavy (non-hydrogen) atoms. The van der Waals surface area contributed by atoms with Crippen LogP contribution < -0.4 is 0 Å². The molecule has 0 aliphatic carbocycles. The fraction of sp³-hybridized carbons (Fsp3) is 0.200. The third kappa shape index (κ3) is 1.03. The van der Waals surface area contributed by atoms with Crippen LogP contribution in [0, 0.1) is 18.6 Å². The SMILES string of the molecule is Cc1c(F)cc2c(ccn2C)c1F. The molecule has 0 spiro atoms. The summed E-state index contributed by atoms with van der Waals surface area (Å²) in [4.78, 5) is 0. The summed E-state index contributed by atoms with van der Waals surface area (Å²) in [7, 11) is 1.76. The lowest BCUT2D eigenvalue weighted by Crippen LogP contribution is -1.92. The molecule has 0 aliphatic heterocycles. The van der Waals surface area contributed by atoms with E-state index in [1.165, 1.54) is 13.0 Å². The molecule has 1 aromatic heterocycles. The molecule has 0 amide bonds. The van der Waals surface area contributed by atoms with Gasteiger partial charge in [0.15, 0.2) is 0 Å². The Morgan fingerprint density at radius 3 is 2.69 bits per heavy atom. The summed E-state index contributed by atoms with van der Waals surface area (Å²) in [5, 5.41) is 0.474. The molecule has 0 unspecified atom stereocenters. The van der Waals surface area contributed by atoms with Crippen molar-refractivity contribution in [1.29, 1.82) is 0 Å². The number of fused-ring (bicyclic) bond motifs is 1. The highest BCUT2D eigenvalue weighted by Gasteiger charge is 2.11. The molecule has 0 aliphatic rings. The molecule has 0 bridgehead atoms. The summed E-state index contributed by atoms with van der Waals surface area (Å²) in [6.45, 7) is 1.44. The van der Waals surface area contributed by atoms with Gasteiger partial charge in [0.1, 0.15) is 11.6 Å². The number of benzene rings is 1. The normalized spacial score (nSPS) is 11.1. The molecule has 0 radical (unpaired) electrons. The predicted molar refractivity (Wildman–Crippen MR) is 47.6 cm³/mol. The van der Waals surface area contributed by atoms with Gasteiger partial charge in [0.05, 0.1) is 5.52 Å². The van der Waals surface area contributed by atoms with Crippen LogP contribution in [0.25, 0.3) is 10.9 Å². The van der Waals surface area contributed by atoms with Crippen LogP contribution in [-0.4, -0.2) is 4.57 Å². The molecular formula is C10H9F2N. The zero-order valence-corrected chi connectivity index (χ0v) is 7.44. The monoisotopic (exact) mass is 181 g/mol. The van der Waals surface area contributed by atoms with E-state index in [1.807, 2.05) is 0 Å². The van der Waals surface area contributed by atoms with E-state index < -0.39 is 11.6 Å². The van der Waals surface area contributed by atoms with Gasteiger partial charge in [0, 0.05) is 24.2 Å². The number of rotatable bonds is 0. The van der Waals surface area contributed by atoms with E-state index >= 15 is 0 Å². The van der Waals surface area contributed by atoms with Crippen LogP contribution in [0.15, 0.2) is 18.3 Å². The Balaban J connectivity index is 2.96. The zero-order chi connectivity index (χ0) is 9.59. The van der Waals surface area contributed by atoms with Gasteiger partial charge >= 0.3 is 0 Å². The molecular weight excluding hydrogens is 172 g/mol. The van der Waals surface area contributed by atoms with Gasteiger partial charge in [-0.2, -0.15) is 0 Å². The highest BCUT2D eigenvalue weighted by Crippen LogP contribution is 2.23. The first-order valence-corrected chi connectivity index (χ1v) is 4.01. The largest absolute Gasteiger partial charge is 0.350 e. The van der Waals surface area contributed by atoms with Gasteiger partial charge < -0.3 is 4.57 Å². The molecule has 2 aromatic rings. The van der Waals surface area contributed by atoms with Gasteiger partial charge in [-0.15, -0.1) is 0 Å². The van der Waals surface area contributed by atoms with E-state index in [2.05, 4.69) is 0 Å². The Labute approximate surface area is 74.6 Å². The van der Waals surface area contributed by atoms with E-state index in [0.717, 1.165) is 0 Å².